The van der Waals surface area contributed by atoms with Crippen molar-refractivity contribution in [2.45, 2.75) is 33.4 Å². The molecule has 0 aliphatic heterocycles. The SMILES string of the molecule is Cc1cc(-c2ccccc2)c(-n2c(-c3[c-]oc4ccc([Si](C)(C)C)cc34)nc3ccccc32)c(-c2ccccc2)c1.[2H]C([2H])([2H])c1ccc(-c2[c-]cccc2)nc1.[Ir]. The van der Waals surface area contributed by atoms with Crippen molar-refractivity contribution in [2.24, 2.45) is 0 Å². The van der Waals surface area contributed by atoms with Crippen LogP contribution in [0.1, 0.15) is 15.2 Å². The largest absolute Gasteiger partial charge is 0.557 e. The summed E-state index contributed by atoms with van der Waals surface area (Å²) in [4.78, 5) is 9.37. The minimum Gasteiger partial charge on any atom is -0.557 e. The molecule has 6 heteroatoms. The molecule has 0 atom stereocenters. The van der Waals surface area contributed by atoms with E-state index < -0.39 is 14.9 Å². The van der Waals surface area contributed by atoms with Crippen LogP contribution >= 0.6 is 0 Å². The molecule has 0 unspecified atom stereocenters. The topological polar surface area (TPSA) is 43.9 Å². The summed E-state index contributed by atoms with van der Waals surface area (Å²) in [7, 11) is -1.55. The number of aryl methyl sites for hydroxylation is 2. The minimum atomic E-state index is -2.09. The number of benzene rings is 6. The van der Waals surface area contributed by atoms with Crippen molar-refractivity contribution in [1.82, 2.24) is 14.5 Å². The molecule has 9 aromatic rings. The van der Waals surface area contributed by atoms with Gasteiger partial charge in [0, 0.05) is 53.4 Å². The fraction of sp³-hybridized carbons (Fsp3) is 0.102. The zero-order valence-corrected chi connectivity index (χ0v) is 34.5. The maximum atomic E-state index is 7.23. The van der Waals surface area contributed by atoms with E-state index in [-0.39, 0.29) is 25.7 Å². The van der Waals surface area contributed by atoms with E-state index in [0.29, 0.717) is 0 Å². The molecule has 0 saturated heterocycles. The molecule has 55 heavy (non-hydrogen) atoms. The van der Waals surface area contributed by atoms with Crippen LogP contribution in [0.4, 0.5) is 0 Å². The summed E-state index contributed by atoms with van der Waals surface area (Å²) >= 11 is 0. The van der Waals surface area contributed by atoms with E-state index in [9.17, 15) is 0 Å². The first-order chi connectivity index (χ1) is 27.5. The second-order valence-electron chi connectivity index (χ2n) is 14.4. The van der Waals surface area contributed by atoms with E-state index in [2.05, 4.69) is 164 Å². The van der Waals surface area contributed by atoms with Crippen molar-refractivity contribution in [3.63, 3.8) is 0 Å². The van der Waals surface area contributed by atoms with E-state index >= 15 is 0 Å². The summed E-state index contributed by atoms with van der Waals surface area (Å²) in [6, 6.07) is 54.6. The first-order valence-corrected chi connectivity index (χ1v) is 21.6. The maximum absolute atomic E-state index is 7.23. The molecule has 4 nitrogen and oxygen atoms in total. The van der Waals surface area contributed by atoms with Crippen LogP contribution in [0.25, 0.3) is 72.6 Å². The van der Waals surface area contributed by atoms with Crippen molar-refractivity contribution in [2.75, 3.05) is 0 Å². The Morgan fingerprint density at radius 3 is 2.00 bits per heavy atom. The maximum Gasteiger partial charge on any atom is 0.0774 e. The van der Waals surface area contributed by atoms with Crippen LogP contribution in [-0.4, -0.2) is 22.6 Å². The van der Waals surface area contributed by atoms with E-state index in [0.717, 1.165) is 72.6 Å². The van der Waals surface area contributed by atoms with E-state index in [4.69, 9.17) is 13.5 Å². The van der Waals surface area contributed by atoms with E-state index in [1.54, 1.807) is 18.2 Å². The molecule has 0 fully saturated rings. The van der Waals surface area contributed by atoms with Gasteiger partial charge < -0.3 is 14.0 Å². The molecule has 0 saturated carbocycles. The molecule has 9 rings (SSSR count). The average molecular weight is 911 g/mol. The van der Waals surface area contributed by atoms with Crippen LogP contribution in [-0.2, 0) is 20.1 Å². The van der Waals surface area contributed by atoms with Crippen LogP contribution in [0, 0.1) is 26.1 Å². The van der Waals surface area contributed by atoms with Crippen molar-refractivity contribution in [3.8, 4) is 50.6 Å². The van der Waals surface area contributed by atoms with Gasteiger partial charge in [-0.1, -0.05) is 133 Å². The van der Waals surface area contributed by atoms with Gasteiger partial charge in [-0.25, -0.2) is 0 Å². The number of fused-ring (bicyclic) bond motifs is 2. The Balaban J connectivity index is 0.000000254. The number of furan rings is 1. The number of imidazole rings is 1. The third-order valence-corrected chi connectivity index (χ3v) is 11.6. The summed E-state index contributed by atoms with van der Waals surface area (Å²) < 4.78 is 30.1. The number of para-hydroxylation sites is 2. The third-order valence-electron chi connectivity index (χ3n) is 9.56. The monoisotopic (exact) mass is 911 g/mol. The summed E-state index contributed by atoms with van der Waals surface area (Å²) in [5, 5.41) is 2.44. The molecule has 6 aromatic carbocycles. The van der Waals surface area contributed by atoms with E-state index in [1.165, 1.54) is 16.9 Å². The molecule has 0 aliphatic carbocycles. The van der Waals surface area contributed by atoms with Gasteiger partial charge in [0.1, 0.15) is 0 Å². The Kier molecular flexibility index (Phi) is 9.85. The number of hydrogen-bond donors (Lipinski definition) is 0. The van der Waals surface area contributed by atoms with Crippen molar-refractivity contribution in [1.29, 1.82) is 0 Å². The zero-order valence-electron chi connectivity index (χ0n) is 34.1. The molecule has 273 valence electrons. The minimum absolute atomic E-state index is 0. The van der Waals surface area contributed by atoms with Crippen LogP contribution in [0.5, 0.6) is 0 Å². The van der Waals surface area contributed by atoms with Crippen LogP contribution in [0.2, 0.25) is 19.6 Å². The molecule has 3 heterocycles. The Hall–Kier alpha value is -5.65. The third kappa shape index (κ3) is 7.81. The Morgan fingerprint density at radius 2 is 1.38 bits per heavy atom. The van der Waals surface area contributed by atoms with Crippen molar-refractivity contribution >= 4 is 35.3 Å². The summed E-state index contributed by atoms with van der Waals surface area (Å²) in [5.74, 6) is 0.830. The smallest absolute Gasteiger partial charge is 0.0774 e. The summed E-state index contributed by atoms with van der Waals surface area (Å²) in [5.41, 5.74) is 12.5. The number of pyridine rings is 1. The van der Waals surface area contributed by atoms with Gasteiger partial charge in [-0.3, -0.25) is 4.98 Å². The second-order valence-corrected chi connectivity index (χ2v) is 19.5. The average Bonchev–Trinajstić information content (AvgIpc) is 3.82. The number of aromatic nitrogens is 3. The van der Waals surface area contributed by atoms with Crippen LogP contribution in [0.3, 0.4) is 0 Å². The number of rotatable bonds is 6. The van der Waals surface area contributed by atoms with Gasteiger partial charge in [0.15, 0.2) is 0 Å². The van der Waals surface area contributed by atoms with Gasteiger partial charge in [-0.2, -0.15) is 0 Å². The van der Waals surface area contributed by atoms with Gasteiger partial charge in [-0.05, 0) is 66.0 Å². The Morgan fingerprint density at radius 1 is 0.709 bits per heavy atom. The van der Waals surface area contributed by atoms with E-state index in [1.807, 2.05) is 18.2 Å². The fourth-order valence-electron chi connectivity index (χ4n) is 6.83. The molecule has 0 aliphatic rings. The molecular formula is C49H41IrN3OSi-2. The Labute approximate surface area is 342 Å². The molecular weight excluding hydrogens is 867 g/mol. The molecule has 0 spiro atoms. The summed E-state index contributed by atoms with van der Waals surface area (Å²) in [6.07, 6.45) is 4.66. The van der Waals surface area contributed by atoms with Gasteiger partial charge in [0.2, 0.25) is 0 Å². The standard InChI is InChI=1S/C37H31N2OSi.C12H10N.Ir/c1-25-21-29(26-13-7-5-8-14-26)36(30(22-25)27-15-9-6-10-16-27)39-34-18-12-11-17-33(34)38-37(39)32-24-40-35-20-19-28(23-31(32)35)41(2,3)4;1-10-7-8-12(13-9-10)11-5-3-2-4-6-11;/h5-23H,1-4H3;2-5,7-9H,1H3;/q2*-1;/i;1D3;. The first-order valence-electron chi connectivity index (χ1n) is 19.6. The predicted molar refractivity (Wildman–Crippen MR) is 227 cm³/mol. The van der Waals surface area contributed by atoms with Crippen LogP contribution < -0.4 is 5.19 Å². The van der Waals surface area contributed by atoms with Crippen molar-refractivity contribution in [3.05, 3.63) is 181 Å². The second kappa shape index (κ2) is 16.0. The predicted octanol–water partition coefficient (Wildman–Crippen LogP) is 12.3. The molecule has 0 bridgehead atoms. The van der Waals surface area contributed by atoms with Crippen molar-refractivity contribution < 1.29 is 28.6 Å². The molecule has 0 N–H and O–H groups in total. The quantitative estimate of drug-likeness (QED) is 0.123. The van der Waals surface area contributed by atoms with Gasteiger partial charge in [0.05, 0.1) is 30.6 Å². The zero-order chi connectivity index (χ0) is 39.7. The van der Waals surface area contributed by atoms with Gasteiger partial charge in [0.25, 0.3) is 0 Å². The first kappa shape index (κ1) is 33.9. The van der Waals surface area contributed by atoms with Gasteiger partial charge in [-0.15, -0.1) is 42.0 Å². The normalized spacial score (nSPS) is 12.3. The Bertz CT molecular complexity index is 2750. The van der Waals surface area contributed by atoms with Gasteiger partial charge >= 0.3 is 0 Å². The fourth-order valence-corrected chi connectivity index (χ4v) is 7.99. The number of nitrogens with zero attached hydrogens (tertiary/aromatic N) is 3. The van der Waals surface area contributed by atoms with Crippen LogP contribution in [0.15, 0.2) is 162 Å². The molecule has 0 amide bonds. The molecule has 1 radical (unpaired) electrons. The molecule has 3 aromatic heterocycles. The summed E-state index contributed by atoms with van der Waals surface area (Å²) in [6.45, 7) is 7.20. The number of hydrogen-bond acceptors (Lipinski definition) is 3.